The molecule has 1 saturated carbocycles. The van der Waals surface area contributed by atoms with Crippen molar-refractivity contribution >= 4 is 11.9 Å². The van der Waals surface area contributed by atoms with Crippen molar-refractivity contribution in [3.8, 4) is 0 Å². The second-order valence-electron chi connectivity index (χ2n) is 5.46. The van der Waals surface area contributed by atoms with Gasteiger partial charge in [0.05, 0.1) is 0 Å². The zero-order chi connectivity index (χ0) is 14.7. The lowest BCUT2D eigenvalue weighted by Gasteiger charge is -2.32. The lowest BCUT2D eigenvalue weighted by molar-refractivity contribution is 0.0606. The van der Waals surface area contributed by atoms with E-state index in [-0.39, 0.29) is 29.4 Å². The number of rotatable bonds is 4. The molecule has 1 aromatic rings. The number of aromatic nitrogens is 1. The number of hydrogen-bond donors (Lipinski definition) is 1. The number of carboxylic acids is 1. The van der Waals surface area contributed by atoms with Gasteiger partial charge in [-0.15, -0.1) is 0 Å². The first kappa shape index (κ1) is 14.5. The summed E-state index contributed by atoms with van der Waals surface area (Å²) in [4.78, 5) is 29.4. The Morgan fingerprint density at radius 3 is 2.40 bits per heavy atom. The number of carbonyl (C=O) groups excluding carboxylic acids is 1. The monoisotopic (exact) mass is 276 g/mol. The molecular formula is C15H20N2O3. The summed E-state index contributed by atoms with van der Waals surface area (Å²) in [7, 11) is 0. The average Bonchev–Trinajstić information content (AvgIpc) is 2.92. The Balaban J connectivity index is 2.27. The minimum Gasteiger partial charge on any atom is -0.477 e. The van der Waals surface area contributed by atoms with E-state index in [4.69, 9.17) is 5.11 Å². The van der Waals surface area contributed by atoms with Crippen LogP contribution in [0.5, 0.6) is 0 Å². The summed E-state index contributed by atoms with van der Waals surface area (Å²) < 4.78 is 0. The Kier molecular flexibility index (Phi) is 4.37. The highest BCUT2D eigenvalue weighted by Gasteiger charge is 2.30. The Hall–Kier alpha value is -1.91. The van der Waals surface area contributed by atoms with Crippen molar-refractivity contribution in [2.45, 2.75) is 51.6 Å². The number of aromatic carboxylic acids is 1. The van der Waals surface area contributed by atoms with E-state index in [2.05, 4.69) is 4.98 Å². The van der Waals surface area contributed by atoms with Gasteiger partial charge >= 0.3 is 5.97 Å². The van der Waals surface area contributed by atoms with Crippen molar-refractivity contribution in [3.05, 3.63) is 29.6 Å². The van der Waals surface area contributed by atoms with Gasteiger partial charge in [-0.25, -0.2) is 9.78 Å². The molecule has 20 heavy (non-hydrogen) atoms. The summed E-state index contributed by atoms with van der Waals surface area (Å²) in [5, 5.41) is 8.96. The molecule has 1 heterocycles. The van der Waals surface area contributed by atoms with E-state index in [9.17, 15) is 9.59 Å². The molecule has 2 rings (SSSR count). The van der Waals surface area contributed by atoms with Gasteiger partial charge in [-0.3, -0.25) is 4.79 Å². The van der Waals surface area contributed by atoms with Crippen LogP contribution in [0.2, 0.25) is 0 Å². The van der Waals surface area contributed by atoms with Gasteiger partial charge in [0.15, 0.2) is 0 Å². The Morgan fingerprint density at radius 2 is 1.85 bits per heavy atom. The van der Waals surface area contributed by atoms with Crippen molar-refractivity contribution < 1.29 is 14.7 Å². The standard InChI is InChI=1S/C15H20N2O3/c1-10(2)17(11-6-3-4-7-11)14(18)12-8-5-9-13(16-12)15(19)20/h5,8-11H,3-4,6-7H2,1-2H3,(H,19,20). The highest BCUT2D eigenvalue weighted by atomic mass is 16.4. The van der Waals surface area contributed by atoms with Crippen LogP contribution in [0.4, 0.5) is 0 Å². The number of carboxylic acid groups (broad SMARTS) is 1. The minimum absolute atomic E-state index is 0.0842. The fraction of sp³-hybridized carbons (Fsp3) is 0.533. The Bertz CT molecular complexity index is 508. The number of pyridine rings is 1. The maximum absolute atomic E-state index is 12.6. The van der Waals surface area contributed by atoms with E-state index in [1.165, 1.54) is 6.07 Å². The molecular weight excluding hydrogens is 256 g/mol. The lowest BCUT2D eigenvalue weighted by Crippen LogP contribution is -2.44. The number of carbonyl (C=O) groups is 2. The van der Waals surface area contributed by atoms with E-state index in [1.54, 1.807) is 12.1 Å². The lowest BCUT2D eigenvalue weighted by atomic mass is 10.1. The van der Waals surface area contributed by atoms with Crippen LogP contribution in [0.3, 0.4) is 0 Å². The van der Waals surface area contributed by atoms with Gasteiger partial charge in [-0.2, -0.15) is 0 Å². The summed E-state index contributed by atoms with van der Waals surface area (Å²) in [6, 6.07) is 4.88. The van der Waals surface area contributed by atoms with Crippen LogP contribution in [0.1, 0.15) is 60.5 Å². The minimum atomic E-state index is -1.11. The maximum atomic E-state index is 12.6. The van der Waals surface area contributed by atoms with Gasteiger partial charge < -0.3 is 10.0 Å². The molecule has 108 valence electrons. The number of amides is 1. The average molecular weight is 276 g/mol. The van der Waals surface area contributed by atoms with Gasteiger partial charge in [0.2, 0.25) is 0 Å². The topological polar surface area (TPSA) is 70.5 Å². The van der Waals surface area contributed by atoms with Crippen LogP contribution in [0.15, 0.2) is 18.2 Å². The summed E-state index contributed by atoms with van der Waals surface area (Å²) in [5.74, 6) is -1.29. The molecule has 1 amide bonds. The van der Waals surface area contributed by atoms with Gasteiger partial charge in [-0.05, 0) is 38.8 Å². The fourth-order valence-electron chi connectivity index (χ4n) is 2.81. The molecule has 0 radical (unpaired) electrons. The Labute approximate surface area is 118 Å². The predicted molar refractivity (Wildman–Crippen MR) is 74.8 cm³/mol. The van der Waals surface area contributed by atoms with Crippen molar-refractivity contribution in [1.82, 2.24) is 9.88 Å². The summed E-state index contributed by atoms with van der Waals surface area (Å²) >= 11 is 0. The largest absolute Gasteiger partial charge is 0.477 e. The zero-order valence-corrected chi connectivity index (χ0v) is 11.9. The quantitative estimate of drug-likeness (QED) is 0.917. The van der Waals surface area contributed by atoms with Crippen LogP contribution in [0.25, 0.3) is 0 Å². The molecule has 0 unspecified atom stereocenters. The van der Waals surface area contributed by atoms with Crippen LogP contribution < -0.4 is 0 Å². The molecule has 0 spiro atoms. The molecule has 0 atom stereocenters. The predicted octanol–water partition coefficient (Wildman–Crippen LogP) is 2.57. The molecule has 0 aromatic carbocycles. The fourth-order valence-corrected chi connectivity index (χ4v) is 2.81. The molecule has 1 aromatic heterocycles. The third-order valence-electron chi connectivity index (χ3n) is 3.70. The van der Waals surface area contributed by atoms with Crippen molar-refractivity contribution in [3.63, 3.8) is 0 Å². The van der Waals surface area contributed by atoms with E-state index in [0.717, 1.165) is 25.7 Å². The smallest absolute Gasteiger partial charge is 0.354 e. The molecule has 0 bridgehead atoms. The van der Waals surface area contributed by atoms with Gasteiger partial charge in [0, 0.05) is 12.1 Å². The van der Waals surface area contributed by atoms with Crippen LogP contribution in [-0.4, -0.2) is 39.0 Å². The summed E-state index contributed by atoms with van der Waals surface area (Å²) in [5.41, 5.74) is 0.122. The van der Waals surface area contributed by atoms with Crippen LogP contribution in [0, 0.1) is 0 Å². The summed E-state index contributed by atoms with van der Waals surface area (Å²) in [6.45, 7) is 3.97. The molecule has 1 aliphatic carbocycles. The molecule has 0 aliphatic heterocycles. The van der Waals surface area contributed by atoms with Gasteiger partial charge in [0.25, 0.3) is 5.91 Å². The van der Waals surface area contributed by atoms with Crippen molar-refractivity contribution in [1.29, 1.82) is 0 Å². The first-order valence-corrected chi connectivity index (χ1v) is 7.03. The van der Waals surface area contributed by atoms with Gasteiger partial charge in [-0.1, -0.05) is 18.9 Å². The van der Waals surface area contributed by atoms with Crippen molar-refractivity contribution in [2.24, 2.45) is 0 Å². The van der Waals surface area contributed by atoms with Crippen molar-refractivity contribution in [2.75, 3.05) is 0 Å². The third kappa shape index (κ3) is 2.98. The highest BCUT2D eigenvalue weighted by molar-refractivity contribution is 5.94. The third-order valence-corrected chi connectivity index (χ3v) is 3.70. The van der Waals surface area contributed by atoms with E-state index >= 15 is 0 Å². The van der Waals surface area contributed by atoms with E-state index < -0.39 is 5.97 Å². The molecule has 5 heteroatoms. The molecule has 1 aliphatic rings. The highest BCUT2D eigenvalue weighted by Crippen LogP contribution is 2.26. The SMILES string of the molecule is CC(C)N(C(=O)c1cccc(C(=O)O)n1)C1CCCC1. The number of nitrogens with zero attached hydrogens (tertiary/aromatic N) is 2. The second-order valence-corrected chi connectivity index (χ2v) is 5.46. The molecule has 1 N–H and O–H groups in total. The molecule has 5 nitrogen and oxygen atoms in total. The normalized spacial score (nSPS) is 15.6. The molecule has 0 saturated heterocycles. The second kappa shape index (κ2) is 6.03. The van der Waals surface area contributed by atoms with Gasteiger partial charge in [0.1, 0.15) is 11.4 Å². The van der Waals surface area contributed by atoms with Crippen LogP contribution in [-0.2, 0) is 0 Å². The first-order chi connectivity index (χ1) is 9.50. The van der Waals surface area contributed by atoms with Crippen LogP contribution >= 0.6 is 0 Å². The number of hydrogen-bond acceptors (Lipinski definition) is 3. The van der Waals surface area contributed by atoms with E-state index in [0.29, 0.717) is 0 Å². The zero-order valence-electron chi connectivity index (χ0n) is 11.9. The van der Waals surface area contributed by atoms with E-state index in [1.807, 2.05) is 18.7 Å². The maximum Gasteiger partial charge on any atom is 0.354 e. The molecule has 1 fully saturated rings. The first-order valence-electron chi connectivity index (χ1n) is 7.03. The Morgan fingerprint density at radius 1 is 1.25 bits per heavy atom. The summed E-state index contributed by atoms with van der Waals surface area (Å²) in [6.07, 6.45) is 4.32.